The summed E-state index contributed by atoms with van der Waals surface area (Å²) in [6, 6.07) is 1.95. The van der Waals surface area contributed by atoms with Crippen molar-refractivity contribution >= 4 is 11.6 Å². The van der Waals surface area contributed by atoms with E-state index in [1.54, 1.807) is 19.4 Å². The maximum atomic E-state index is 12.0. The van der Waals surface area contributed by atoms with E-state index < -0.39 is 0 Å². The van der Waals surface area contributed by atoms with Crippen molar-refractivity contribution in [2.24, 2.45) is 7.05 Å². The van der Waals surface area contributed by atoms with E-state index in [2.05, 4.69) is 20.2 Å². The van der Waals surface area contributed by atoms with Gasteiger partial charge in [0.2, 0.25) is 0 Å². The molecule has 2 fully saturated rings. The highest BCUT2D eigenvalue weighted by molar-refractivity contribution is 5.39. The van der Waals surface area contributed by atoms with Crippen molar-refractivity contribution in [2.45, 2.75) is 24.9 Å². The van der Waals surface area contributed by atoms with E-state index in [4.69, 9.17) is 9.72 Å². The minimum absolute atomic E-state index is 0.0280. The minimum Gasteiger partial charge on any atom is -0.373 e. The molecule has 0 amide bonds. The molecule has 4 rings (SSSR count). The Balaban J connectivity index is 1.40. The molecule has 1 atom stereocenters. The van der Waals surface area contributed by atoms with Gasteiger partial charge in [-0.3, -0.25) is 4.79 Å². The second-order valence-electron chi connectivity index (χ2n) is 6.56. The Morgan fingerprint density at radius 3 is 3.04 bits per heavy atom. The molecule has 25 heavy (non-hydrogen) atoms. The second-order valence-corrected chi connectivity index (χ2v) is 6.56. The topological polar surface area (TPSA) is 85.2 Å². The van der Waals surface area contributed by atoms with Gasteiger partial charge in [0, 0.05) is 51.2 Å². The fourth-order valence-electron chi connectivity index (χ4n) is 2.96. The van der Waals surface area contributed by atoms with E-state index in [0.29, 0.717) is 24.9 Å². The molecule has 132 valence electrons. The Kier molecular flexibility index (Phi) is 4.35. The number of nitrogens with one attached hydrogen (secondary N) is 1. The molecule has 1 aliphatic heterocycles. The SMILES string of the molecule is Cn1ccnc(NC[C@@H]2CN(c3ccnc(C4CC4)n3)CCO2)c1=O. The summed E-state index contributed by atoms with van der Waals surface area (Å²) >= 11 is 0. The number of aryl methyl sites for hydroxylation is 1. The first-order chi connectivity index (χ1) is 12.2. The van der Waals surface area contributed by atoms with Crippen LogP contribution in [0, 0.1) is 0 Å². The highest BCUT2D eigenvalue weighted by Crippen LogP contribution is 2.38. The average Bonchev–Trinajstić information content (AvgIpc) is 3.49. The zero-order valence-electron chi connectivity index (χ0n) is 14.3. The summed E-state index contributed by atoms with van der Waals surface area (Å²) in [6.07, 6.45) is 7.45. The van der Waals surface area contributed by atoms with Gasteiger partial charge in [-0.05, 0) is 18.9 Å². The van der Waals surface area contributed by atoms with Gasteiger partial charge in [0.05, 0.1) is 12.7 Å². The Labute approximate surface area is 145 Å². The predicted octanol–water partition coefficient (Wildman–Crippen LogP) is 0.765. The molecule has 0 aromatic carbocycles. The quantitative estimate of drug-likeness (QED) is 0.859. The Morgan fingerprint density at radius 2 is 2.20 bits per heavy atom. The fraction of sp³-hybridized carbons (Fsp3) is 0.529. The van der Waals surface area contributed by atoms with Gasteiger partial charge in [-0.15, -0.1) is 0 Å². The third kappa shape index (κ3) is 3.63. The normalized spacial score (nSPS) is 20.5. The van der Waals surface area contributed by atoms with Crippen LogP contribution in [0.15, 0.2) is 29.5 Å². The zero-order chi connectivity index (χ0) is 17.2. The van der Waals surface area contributed by atoms with Gasteiger partial charge < -0.3 is 19.5 Å². The molecule has 0 spiro atoms. The number of ether oxygens (including phenoxy) is 1. The predicted molar refractivity (Wildman–Crippen MR) is 93.9 cm³/mol. The van der Waals surface area contributed by atoms with Crippen LogP contribution in [0.1, 0.15) is 24.6 Å². The van der Waals surface area contributed by atoms with Crippen LogP contribution >= 0.6 is 0 Å². The molecule has 0 radical (unpaired) electrons. The summed E-state index contributed by atoms with van der Waals surface area (Å²) in [5, 5.41) is 3.11. The summed E-state index contributed by atoms with van der Waals surface area (Å²) < 4.78 is 7.33. The van der Waals surface area contributed by atoms with Gasteiger partial charge >= 0.3 is 0 Å². The molecular formula is C17H22N6O2. The molecule has 2 aromatic heterocycles. The third-order valence-corrected chi connectivity index (χ3v) is 4.58. The first-order valence-electron chi connectivity index (χ1n) is 8.65. The van der Waals surface area contributed by atoms with Crippen molar-refractivity contribution in [2.75, 3.05) is 36.5 Å². The van der Waals surface area contributed by atoms with Crippen LogP contribution in [0.5, 0.6) is 0 Å². The van der Waals surface area contributed by atoms with E-state index in [9.17, 15) is 4.79 Å². The molecular weight excluding hydrogens is 320 g/mol. The fourth-order valence-corrected chi connectivity index (χ4v) is 2.96. The number of aromatic nitrogens is 4. The summed E-state index contributed by atoms with van der Waals surface area (Å²) in [6.45, 7) is 2.70. The van der Waals surface area contributed by atoms with E-state index in [1.807, 2.05) is 12.3 Å². The molecule has 2 aromatic rings. The molecule has 8 nitrogen and oxygen atoms in total. The minimum atomic E-state index is -0.139. The van der Waals surface area contributed by atoms with Crippen LogP contribution in [0.4, 0.5) is 11.6 Å². The van der Waals surface area contributed by atoms with Crippen molar-refractivity contribution in [1.29, 1.82) is 0 Å². The van der Waals surface area contributed by atoms with Crippen LogP contribution in [-0.2, 0) is 11.8 Å². The van der Waals surface area contributed by atoms with Gasteiger partial charge in [-0.25, -0.2) is 15.0 Å². The Morgan fingerprint density at radius 1 is 1.32 bits per heavy atom. The van der Waals surface area contributed by atoms with Crippen molar-refractivity contribution in [3.05, 3.63) is 40.8 Å². The lowest BCUT2D eigenvalue weighted by molar-refractivity contribution is 0.0489. The van der Waals surface area contributed by atoms with Crippen molar-refractivity contribution in [1.82, 2.24) is 19.5 Å². The maximum absolute atomic E-state index is 12.0. The molecule has 1 N–H and O–H groups in total. The number of rotatable bonds is 5. The molecule has 1 saturated carbocycles. The van der Waals surface area contributed by atoms with Gasteiger partial charge in [0.25, 0.3) is 5.56 Å². The lowest BCUT2D eigenvalue weighted by atomic mass is 10.2. The lowest BCUT2D eigenvalue weighted by Crippen LogP contribution is -2.46. The number of nitrogens with zero attached hydrogens (tertiary/aromatic N) is 5. The van der Waals surface area contributed by atoms with Gasteiger partial charge in [-0.2, -0.15) is 0 Å². The number of hydrogen-bond donors (Lipinski definition) is 1. The highest BCUT2D eigenvalue weighted by atomic mass is 16.5. The molecule has 0 bridgehead atoms. The standard InChI is InChI=1S/C17H22N6O2/c1-22-7-6-19-16(17(22)24)20-10-13-11-23(8-9-25-13)14-4-5-18-15(21-14)12-2-3-12/h4-7,12-13H,2-3,8-11H2,1H3,(H,19,20)/t13-/m1/s1. The summed E-state index contributed by atoms with van der Waals surface area (Å²) in [5.41, 5.74) is -0.139. The van der Waals surface area contributed by atoms with Gasteiger partial charge in [0.1, 0.15) is 11.6 Å². The summed E-state index contributed by atoms with van der Waals surface area (Å²) in [7, 11) is 1.71. The monoisotopic (exact) mass is 342 g/mol. The van der Waals surface area contributed by atoms with Gasteiger partial charge in [0.15, 0.2) is 5.82 Å². The Bertz CT molecular complexity index is 804. The van der Waals surface area contributed by atoms with E-state index in [1.165, 1.54) is 17.4 Å². The van der Waals surface area contributed by atoms with E-state index >= 15 is 0 Å². The average molecular weight is 342 g/mol. The van der Waals surface area contributed by atoms with Crippen LogP contribution in [0.25, 0.3) is 0 Å². The molecule has 3 heterocycles. The van der Waals surface area contributed by atoms with Crippen molar-refractivity contribution < 1.29 is 4.74 Å². The molecule has 0 unspecified atom stereocenters. The highest BCUT2D eigenvalue weighted by Gasteiger charge is 2.28. The molecule has 2 aliphatic rings. The zero-order valence-corrected chi connectivity index (χ0v) is 14.3. The van der Waals surface area contributed by atoms with Crippen molar-refractivity contribution in [3.63, 3.8) is 0 Å². The smallest absolute Gasteiger partial charge is 0.293 e. The van der Waals surface area contributed by atoms with Crippen molar-refractivity contribution in [3.8, 4) is 0 Å². The molecule has 1 aliphatic carbocycles. The molecule has 8 heteroatoms. The summed E-state index contributed by atoms with van der Waals surface area (Å²) in [4.78, 5) is 27.4. The lowest BCUT2D eigenvalue weighted by Gasteiger charge is -2.33. The van der Waals surface area contributed by atoms with Crippen LogP contribution in [0.3, 0.4) is 0 Å². The Hall–Kier alpha value is -2.48. The van der Waals surface area contributed by atoms with E-state index in [-0.39, 0.29) is 11.7 Å². The second kappa shape index (κ2) is 6.79. The first-order valence-corrected chi connectivity index (χ1v) is 8.65. The van der Waals surface area contributed by atoms with Crippen LogP contribution in [-0.4, -0.2) is 51.9 Å². The number of hydrogen-bond acceptors (Lipinski definition) is 7. The number of anilines is 2. The molecule has 1 saturated heterocycles. The summed E-state index contributed by atoms with van der Waals surface area (Å²) in [5.74, 6) is 2.80. The number of morpholine rings is 1. The third-order valence-electron chi connectivity index (χ3n) is 4.58. The van der Waals surface area contributed by atoms with Gasteiger partial charge in [-0.1, -0.05) is 0 Å². The van der Waals surface area contributed by atoms with Crippen LogP contribution < -0.4 is 15.8 Å². The largest absolute Gasteiger partial charge is 0.373 e. The maximum Gasteiger partial charge on any atom is 0.293 e. The first kappa shape index (κ1) is 16.0. The van der Waals surface area contributed by atoms with E-state index in [0.717, 1.165) is 24.7 Å². The van der Waals surface area contributed by atoms with Crippen LogP contribution in [0.2, 0.25) is 0 Å².